The normalized spacial score (nSPS) is 12.7. The van der Waals surface area contributed by atoms with Gasteiger partial charge in [0.2, 0.25) is 0 Å². The molecule has 0 spiro atoms. The highest BCUT2D eigenvalue weighted by molar-refractivity contribution is 5.91. The minimum atomic E-state index is -0.585. The summed E-state index contributed by atoms with van der Waals surface area (Å²) < 4.78 is 23.3. The summed E-state index contributed by atoms with van der Waals surface area (Å²) in [6.07, 6.45) is 46.7. The van der Waals surface area contributed by atoms with Crippen molar-refractivity contribution in [2.75, 3.05) is 39.6 Å². The van der Waals surface area contributed by atoms with Crippen LogP contribution in [-0.4, -0.2) is 73.9 Å². The molecule has 2 unspecified atom stereocenters. The minimum Gasteiger partial charge on any atom is -0.447 e. The lowest BCUT2D eigenvalue weighted by Gasteiger charge is -2.20. The first-order valence-electron chi connectivity index (χ1n) is 23.9. The van der Waals surface area contributed by atoms with Crippen molar-refractivity contribution in [1.29, 1.82) is 0 Å². The summed E-state index contributed by atoms with van der Waals surface area (Å²) in [6, 6.07) is 0. The van der Waals surface area contributed by atoms with Crippen LogP contribution in [0.1, 0.15) is 211 Å². The average molecular weight is 817 g/mol. The number of imidazole rings is 1. The summed E-state index contributed by atoms with van der Waals surface area (Å²) in [5.41, 5.74) is 0.311. The zero-order chi connectivity index (χ0) is 41.8. The number of alkyl carbamates (subject to hydrolysis) is 1. The van der Waals surface area contributed by atoms with Gasteiger partial charge in [-0.15, -0.1) is 0 Å². The van der Waals surface area contributed by atoms with Crippen molar-refractivity contribution in [3.05, 3.63) is 42.5 Å². The second-order valence-electron chi connectivity index (χ2n) is 15.9. The molecule has 0 saturated heterocycles. The Labute approximate surface area is 355 Å². The van der Waals surface area contributed by atoms with Crippen molar-refractivity contribution in [3.8, 4) is 0 Å². The third-order valence-electron chi connectivity index (χ3n) is 10.3. The summed E-state index contributed by atoms with van der Waals surface area (Å²) >= 11 is 0. The zero-order valence-corrected chi connectivity index (χ0v) is 37.6. The summed E-state index contributed by atoms with van der Waals surface area (Å²) in [4.78, 5) is 31.2. The first kappa shape index (κ1) is 53.3. The zero-order valence-electron chi connectivity index (χ0n) is 37.6. The Morgan fingerprint density at radius 1 is 0.621 bits per heavy atom. The molecule has 0 saturated carbocycles. The maximum Gasteiger partial charge on any atom is 0.409 e. The molecule has 0 radical (unpaired) electrons. The Morgan fingerprint density at radius 2 is 1.10 bits per heavy atom. The van der Waals surface area contributed by atoms with Crippen LogP contribution in [0.4, 0.5) is 4.79 Å². The van der Waals surface area contributed by atoms with Gasteiger partial charge in [-0.25, -0.2) is 9.78 Å². The molecule has 10 nitrogen and oxygen atoms in total. The number of nitrogens with zero attached hydrogens (tertiary/aromatic N) is 1. The first-order chi connectivity index (χ1) is 28.6. The predicted molar refractivity (Wildman–Crippen MR) is 240 cm³/mol. The van der Waals surface area contributed by atoms with Gasteiger partial charge in [-0.3, -0.25) is 10.1 Å². The summed E-state index contributed by atoms with van der Waals surface area (Å²) in [5.74, 6) is -0.289. The molecule has 2 atom stereocenters. The quantitative estimate of drug-likeness (QED) is 0.0340. The van der Waals surface area contributed by atoms with Gasteiger partial charge in [0.15, 0.2) is 0 Å². The van der Waals surface area contributed by atoms with Crippen molar-refractivity contribution in [3.63, 3.8) is 0 Å². The molecular formula is C48H88N4O6. The molecule has 1 heterocycles. The Balaban J connectivity index is 2.22. The van der Waals surface area contributed by atoms with Gasteiger partial charge in [0.05, 0.1) is 19.5 Å². The molecular weight excluding hydrogens is 729 g/mol. The third-order valence-corrected chi connectivity index (χ3v) is 10.3. The maximum atomic E-state index is 12.5. The lowest BCUT2D eigenvalue weighted by atomic mass is 10.1. The van der Waals surface area contributed by atoms with Crippen LogP contribution in [0.2, 0.25) is 0 Å². The Morgan fingerprint density at radius 3 is 1.60 bits per heavy atom. The number of unbranched alkanes of at least 4 members (excludes halogenated alkanes) is 24. The fourth-order valence-electron chi connectivity index (χ4n) is 6.70. The Bertz CT molecular complexity index is 1080. The second kappa shape index (κ2) is 42.4. The van der Waals surface area contributed by atoms with Crippen molar-refractivity contribution >= 4 is 12.0 Å². The van der Waals surface area contributed by atoms with Crippen LogP contribution >= 0.6 is 0 Å². The number of hydrogen-bond acceptors (Lipinski definition) is 7. The number of carbonyl (C=O) groups is 2. The van der Waals surface area contributed by atoms with Crippen LogP contribution in [0, 0.1) is 0 Å². The number of nitrogens with one attached hydrogen (secondary N) is 3. The van der Waals surface area contributed by atoms with Crippen LogP contribution in [0.15, 0.2) is 36.8 Å². The molecule has 0 aliphatic carbocycles. The lowest BCUT2D eigenvalue weighted by Crippen LogP contribution is -2.39. The van der Waals surface area contributed by atoms with Gasteiger partial charge >= 0.3 is 6.09 Å². The maximum absolute atomic E-state index is 12.5. The molecule has 58 heavy (non-hydrogen) atoms. The van der Waals surface area contributed by atoms with E-state index < -0.39 is 12.3 Å². The van der Waals surface area contributed by atoms with Crippen molar-refractivity contribution in [2.24, 2.45) is 0 Å². The molecule has 1 aromatic rings. The van der Waals surface area contributed by atoms with Crippen LogP contribution in [-0.2, 0) is 18.9 Å². The van der Waals surface area contributed by atoms with Gasteiger partial charge in [0.25, 0.3) is 5.91 Å². The highest BCUT2D eigenvalue weighted by Gasteiger charge is 2.15. The summed E-state index contributed by atoms with van der Waals surface area (Å²) in [7, 11) is 0. The number of hydrogen-bond donors (Lipinski definition) is 3. The standard InChI is InChI=1S/C48H88N4O6/c1-4-6-8-10-12-14-16-18-20-22-24-26-28-30-32-34-37-55-41-45(42-58-48(54)52-44(3)56-39-36-50-47(53)46-40-49-43-51-46)57-38-35-33-31-29-27-25-23-21-19-17-15-13-11-9-7-5-2/h18-21,40,43-45H,4-17,22-39,41-42H2,1-3H3,(H,49,51)(H,50,53)(H,52,54)/b20-18-,21-19-. The molecule has 0 bridgehead atoms. The molecule has 1 rings (SSSR count). The number of aromatic nitrogens is 2. The molecule has 0 aliphatic heterocycles. The van der Waals surface area contributed by atoms with Crippen LogP contribution in [0.5, 0.6) is 0 Å². The molecule has 336 valence electrons. The van der Waals surface area contributed by atoms with E-state index in [0.29, 0.717) is 25.5 Å². The van der Waals surface area contributed by atoms with E-state index in [2.05, 4.69) is 58.8 Å². The van der Waals surface area contributed by atoms with E-state index in [-0.39, 0.29) is 31.8 Å². The Kier molecular flexibility index (Phi) is 39.0. The van der Waals surface area contributed by atoms with Crippen LogP contribution in [0.3, 0.4) is 0 Å². The van der Waals surface area contributed by atoms with Crippen molar-refractivity contribution in [1.82, 2.24) is 20.6 Å². The number of allylic oxidation sites excluding steroid dienone is 4. The molecule has 2 amide bonds. The highest BCUT2D eigenvalue weighted by atomic mass is 16.6. The second-order valence-corrected chi connectivity index (χ2v) is 15.9. The fourth-order valence-corrected chi connectivity index (χ4v) is 6.70. The van der Waals surface area contributed by atoms with Gasteiger partial charge in [0, 0.05) is 26.0 Å². The molecule has 0 aliphatic rings. The molecule has 3 N–H and O–H groups in total. The van der Waals surface area contributed by atoms with Gasteiger partial charge in [-0.2, -0.15) is 0 Å². The lowest BCUT2D eigenvalue weighted by molar-refractivity contribution is -0.0491. The van der Waals surface area contributed by atoms with E-state index in [0.717, 1.165) is 19.3 Å². The monoisotopic (exact) mass is 817 g/mol. The van der Waals surface area contributed by atoms with E-state index in [1.54, 1.807) is 6.92 Å². The minimum absolute atomic E-state index is 0.109. The molecule has 0 aromatic carbocycles. The van der Waals surface area contributed by atoms with Crippen molar-refractivity contribution in [2.45, 2.75) is 213 Å². The first-order valence-corrected chi connectivity index (χ1v) is 23.9. The summed E-state index contributed by atoms with van der Waals surface area (Å²) in [5, 5.41) is 5.41. The number of rotatable bonds is 43. The van der Waals surface area contributed by atoms with E-state index in [9.17, 15) is 9.59 Å². The molecule has 10 heteroatoms. The number of amides is 2. The average Bonchev–Trinajstić information content (AvgIpc) is 3.77. The van der Waals surface area contributed by atoms with Gasteiger partial charge in [0.1, 0.15) is 24.6 Å². The third kappa shape index (κ3) is 36.4. The number of ether oxygens (including phenoxy) is 4. The largest absolute Gasteiger partial charge is 0.447 e. The molecule has 0 fully saturated rings. The predicted octanol–water partition coefficient (Wildman–Crippen LogP) is 12.7. The Hall–Kier alpha value is -2.69. The number of aromatic amines is 1. The number of H-pyrrole nitrogens is 1. The van der Waals surface area contributed by atoms with E-state index in [1.807, 2.05) is 0 Å². The van der Waals surface area contributed by atoms with E-state index >= 15 is 0 Å². The van der Waals surface area contributed by atoms with Gasteiger partial charge in [-0.05, 0) is 71.1 Å². The van der Waals surface area contributed by atoms with E-state index in [1.165, 1.54) is 173 Å². The van der Waals surface area contributed by atoms with Gasteiger partial charge < -0.3 is 29.2 Å². The number of carbonyl (C=O) groups excluding carboxylic acids is 2. The van der Waals surface area contributed by atoms with E-state index in [4.69, 9.17) is 18.9 Å². The van der Waals surface area contributed by atoms with Crippen LogP contribution < -0.4 is 10.6 Å². The summed E-state index contributed by atoms with van der Waals surface area (Å²) in [6.45, 7) is 8.59. The van der Waals surface area contributed by atoms with Crippen molar-refractivity contribution < 1.29 is 28.5 Å². The SMILES string of the molecule is CCCCCCCC/C=C\CCCCCCCCOCC(COC(=O)NC(C)OCCNC(=O)c1c[nH]cn1)OCCCCCCCC/C=C\CCCCCCCC. The molecule has 1 aromatic heterocycles. The fraction of sp³-hybridized carbons (Fsp3) is 0.812. The highest BCUT2D eigenvalue weighted by Crippen LogP contribution is 2.12. The van der Waals surface area contributed by atoms with Gasteiger partial charge in [-0.1, -0.05) is 154 Å². The van der Waals surface area contributed by atoms with Crippen LogP contribution in [0.25, 0.3) is 0 Å². The smallest absolute Gasteiger partial charge is 0.409 e. The topological polar surface area (TPSA) is 124 Å².